The molecule has 2 aromatic heterocycles. The molecule has 0 fully saturated rings. The van der Waals surface area contributed by atoms with Crippen LogP contribution in [0.15, 0.2) is 30.6 Å². The Hall–Kier alpha value is -0.460. The maximum Gasteiger partial charge on any atom is 0.0659 e. The average molecular weight is 384 g/mol. The zero-order chi connectivity index (χ0) is 13.2. The van der Waals surface area contributed by atoms with E-state index in [-0.39, 0.29) is 0 Å². The van der Waals surface area contributed by atoms with Crippen LogP contribution < -0.4 is 5.32 Å². The molecule has 100 valence electrons. The molecule has 0 spiro atoms. The number of halogens is 1. The van der Waals surface area contributed by atoms with Crippen LogP contribution in [0.2, 0.25) is 0 Å². The van der Waals surface area contributed by atoms with Crippen LogP contribution >= 0.6 is 33.9 Å². The minimum Gasteiger partial charge on any atom is -0.303 e. The number of aryl methyl sites for hydroxylation is 1. The number of fused-ring (bicyclic) bond motifs is 1. The second kappa shape index (κ2) is 5.89. The van der Waals surface area contributed by atoms with Crippen molar-refractivity contribution in [2.75, 3.05) is 0 Å². The first kappa shape index (κ1) is 13.5. The molecule has 19 heavy (non-hydrogen) atoms. The van der Waals surface area contributed by atoms with Crippen LogP contribution in [0.5, 0.6) is 0 Å². The molecule has 4 heteroatoms. The largest absolute Gasteiger partial charge is 0.303 e. The van der Waals surface area contributed by atoms with Gasteiger partial charge in [-0.2, -0.15) is 0 Å². The van der Waals surface area contributed by atoms with Crippen molar-refractivity contribution in [3.8, 4) is 0 Å². The number of nitrogens with zero attached hydrogens (tertiary/aromatic N) is 1. The summed E-state index contributed by atoms with van der Waals surface area (Å²) in [4.78, 5) is 5.67. The van der Waals surface area contributed by atoms with Crippen LogP contribution in [0.4, 0.5) is 0 Å². The van der Waals surface area contributed by atoms with Gasteiger partial charge in [0.15, 0.2) is 0 Å². The summed E-state index contributed by atoms with van der Waals surface area (Å²) < 4.78 is 1.41. The second-order valence-electron chi connectivity index (χ2n) is 5.04. The molecule has 1 aliphatic rings. The van der Waals surface area contributed by atoms with Gasteiger partial charge in [0.25, 0.3) is 0 Å². The monoisotopic (exact) mass is 384 g/mol. The van der Waals surface area contributed by atoms with Gasteiger partial charge in [-0.05, 0) is 78.1 Å². The standard InChI is InChI=1S/C15H17IN2S/c1-10(11-5-7-17-8-6-11)18-13-3-2-4-14-12(13)9-15(16)19-14/h5-10,13,18H,2-4H2,1H3/t10-,13?/m1/s1. The van der Waals surface area contributed by atoms with Crippen molar-refractivity contribution in [3.05, 3.63) is 49.5 Å². The number of hydrogen-bond acceptors (Lipinski definition) is 3. The molecule has 1 N–H and O–H groups in total. The first-order chi connectivity index (χ1) is 9.24. The molecule has 0 aromatic carbocycles. The lowest BCUT2D eigenvalue weighted by Gasteiger charge is -2.27. The molecule has 0 saturated heterocycles. The van der Waals surface area contributed by atoms with Gasteiger partial charge in [-0.15, -0.1) is 11.3 Å². The van der Waals surface area contributed by atoms with Crippen molar-refractivity contribution in [1.29, 1.82) is 0 Å². The van der Waals surface area contributed by atoms with Gasteiger partial charge in [0.2, 0.25) is 0 Å². The van der Waals surface area contributed by atoms with E-state index in [0.717, 1.165) is 0 Å². The van der Waals surface area contributed by atoms with Crippen LogP contribution in [0.1, 0.15) is 47.9 Å². The highest BCUT2D eigenvalue weighted by Crippen LogP contribution is 2.37. The average Bonchev–Trinajstić information content (AvgIpc) is 2.81. The zero-order valence-corrected chi connectivity index (χ0v) is 13.9. The Bertz CT molecular complexity index is 553. The number of rotatable bonds is 3. The maximum atomic E-state index is 4.09. The highest BCUT2D eigenvalue weighted by molar-refractivity contribution is 14.1. The van der Waals surface area contributed by atoms with Crippen molar-refractivity contribution < 1.29 is 0 Å². The Morgan fingerprint density at radius 3 is 3.00 bits per heavy atom. The SMILES string of the molecule is C[C@@H](NC1CCCc2sc(I)cc21)c1ccncc1. The lowest BCUT2D eigenvalue weighted by Crippen LogP contribution is -2.27. The van der Waals surface area contributed by atoms with Crippen LogP contribution in [0.3, 0.4) is 0 Å². The molecule has 3 rings (SSSR count). The molecule has 2 nitrogen and oxygen atoms in total. The Balaban J connectivity index is 1.77. The highest BCUT2D eigenvalue weighted by Gasteiger charge is 2.23. The van der Waals surface area contributed by atoms with Gasteiger partial charge in [0.1, 0.15) is 0 Å². The number of pyridine rings is 1. The van der Waals surface area contributed by atoms with Crippen molar-refractivity contribution in [2.24, 2.45) is 0 Å². The van der Waals surface area contributed by atoms with Gasteiger partial charge < -0.3 is 5.32 Å². The first-order valence-corrected chi connectivity index (χ1v) is 8.57. The smallest absolute Gasteiger partial charge is 0.0659 e. The number of nitrogens with one attached hydrogen (secondary N) is 1. The molecular weight excluding hydrogens is 367 g/mol. The summed E-state index contributed by atoms with van der Waals surface area (Å²) in [5, 5.41) is 3.78. The molecule has 0 bridgehead atoms. The molecule has 0 saturated carbocycles. The van der Waals surface area contributed by atoms with E-state index in [4.69, 9.17) is 0 Å². The van der Waals surface area contributed by atoms with E-state index >= 15 is 0 Å². The highest BCUT2D eigenvalue weighted by atomic mass is 127. The van der Waals surface area contributed by atoms with Gasteiger partial charge in [-0.3, -0.25) is 4.98 Å². The summed E-state index contributed by atoms with van der Waals surface area (Å²) in [6, 6.07) is 7.43. The van der Waals surface area contributed by atoms with Gasteiger partial charge in [-0.25, -0.2) is 0 Å². The van der Waals surface area contributed by atoms with Crippen molar-refractivity contribution >= 4 is 33.9 Å². The molecule has 1 aliphatic carbocycles. The normalized spacial score (nSPS) is 20.0. The molecule has 1 unspecified atom stereocenters. The Morgan fingerprint density at radius 2 is 2.21 bits per heavy atom. The second-order valence-corrected chi connectivity index (χ2v) is 8.07. The quantitative estimate of drug-likeness (QED) is 0.790. The van der Waals surface area contributed by atoms with E-state index in [1.165, 1.54) is 33.3 Å². The number of hydrogen-bond donors (Lipinski definition) is 1. The third-order valence-corrected chi connectivity index (χ3v) is 5.71. The Labute approximate surface area is 131 Å². The fraction of sp³-hybridized carbons (Fsp3) is 0.400. The molecule has 2 atom stereocenters. The van der Waals surface area contributed by atoms with E-state index in [1.807, 2.05) is 23.7 Å². The van der Waals surface area contributed by atoms with Gasteiger partial charge >= 0.3 is 0 Å². The van der Waals surface area contributed by atoms with E-state index in [2.05, 4.69) is 58.0 Å². The third-order valence-electron chi connectivity index (χ3n) is 3.74. The molecule has 0 aliphatic heterocycles. The lowest BCUT2D eigenvalue weighted by atomic mass is 9.93. The predicted octanol–water partition coefficient (Wildman–Crippen LogP) is 4.48. The molecule has 0 radical (unpaired) electrons. The summed E-state index contributed by atoms with van der Waals surface area (Å²) >= 11 is 4.39. The van der Waals surface area contributed by atoms with Crippen molar-refractivity contribution in [3.63, 3.8) is 0 Å². The maximum absolute atomic E-state index is 4.09. The minimum atomic E-state index is 0.372. The first-order valence-electron chi connectivity index (χ1n) is 6.68. The molecule has 2 aromatic rings. The van der Waals surface area contributed by atoms with Gasteiger partial charge in [-0.1, -0.05) is 0 Å². The lowest BCUT2D eigenvalue weighted by molar-refractivity contribution is 0.418. The molecule has 2 heterocycles. The fourth-order valence-corrected chi connectivity index (χ4v) is 4.86. The summed E-state index contributed by atoms with van der Waals surface area (Å²) in [5.41, 5.74) is 2.84. The number of thiophene rings is 1. The van der Waals surface area contributed by atoms with Crippen LogP contribution in [-0.2, 0) is 6.42 Å². The Morgan fingerprint density at radius 1 is 1.42 bits per heavy atom. The molecule has 0 amide bonds. The summed E-state index contributed by atoms with van der Waals surface area (Å²) in [6.07, 6.45) is 7.53. The van der Waals surface area contributed by atoms with Gasteiger partial charge in [0.05, 0.1) is 2.88 Å². The summed E-state index contributed by atoms with van der Waals surface area (Å²) in [7, 11) is 0. The van der Waals surface area contributed by atoms with E-state index in [9.17, 15) is 0 Å². The van der Waals surface area contributed by atoms with Crippen LogP contribution in [-0.4, -0.2) is 4.98 Å². The van der Waals surface area contributed by atoms with Gasteiger partial charge in [0, 0.05) is 29.4 Å². The van der Waals surface area contributed by atoms with Crippen molar-refractivity contribution in [1.82, 2.24) is 10.3 Å². The van der Waals surface area contributed by atoms with E-state index in [1.54, 1.807) is 4.88 Å². The summed E-state index contributed by atoms with van der Waals surface area (Å²) in [6.45, 7) is 2.24. The predicted molar refractivity (Wildman–Crippen MR) is 88.5 cm³/mol. The third kappa shape index (κ3) is 3.01. The van der Waals surface area contributed by atoms with E-state index in [0.29, 0.717) is 12.1 Å². The topological polar surface area (TPSA) is 24.9 Å². The van der Waals surface area contributed by atoms with Crippen LogP contribution in [0, 0.1) is 2.88 Å². The number of aromatic nitrogens is 1. The van der Waals surface area contributed by atoms with E-state index < -0.39 is 0 Å². The van der Waals surface area contributed by atoms with Crippen molar-refractivity contribution in [2.45, 2.75) is 38.3 Å². The zero-order valence-electron chi connectivity index (χ0n) is 10.9. The Kier molecular flexibility index (Phi) is 4.19. The molecular formula is C15H17IN2S. The minimum absolute atomic E-state index is 0.372. The van der Waals surface area contributed by atoms with Crippen LogP contribution in [0.25, 0.3) is 0 Å². The fourth-order valence-electron chi connectivity index (χ4n) is 2.74. The summed E-state index contributed by atoms with van der Waals surface area (Å²) in [5.74, 6) is 0.